The lowest BCUT2D eigenvalue weighted by atomic mass is 9.93. The van der Waals surface area contributed by atoms with Crippen LogP contribution in [-0.4, -0.2) is 29.3 Å². The van der Waals surface area contributed by atoms with Gasteiger partial charge in [-0.1, -0.05) is 0 Å². The van der Waals surface area contributed by atoms with Crippen LogP contribution in [0.5, 0.6) is 5.75 Å². The predicted octanol–water partition coefficient (Wildman–Crippen LogP) is 2.46. The average molecular weight is 284 g/mol. The molecule has 1 fully saturated rings. The van der Waals surface area contributed by atoms with Gasteiger partial charge in [0.25, 0.3) is 0 Å². The Morgan fingerprint density at radius 3 is 2.60 bits per heavy atom. The zero-order valence-corrected chi connectivity index (χ0v) is 11.1. The van der Waals surface area contributed by atoms with Gasteiger partial charge in [-0.3, -0.25) is 10.1 Å². The van der Waals surface area contributed by atoms with Crippen molar-refractivity contribution in [1.29, 1.82) is 0 Å². The van der Waals surface area contributed by atoms with E-state index in [9.17, 15) is 19.6 Å². The first-order valence-electron chi connectivity index (χ1n) is 6.47. The van der Waals surface area contributed by atoms with Crippen LogP contribution in [-0.2, 0) is 0 Å². The van der Waals surface area contributed by atoms with Crippen LogP contribution in [0.2, 0.25) is 0 Å². The van der Waals surface area contributed by atoms with Crippen LogP contribution in [0.1, 0.15) is 25.7 Å². The van der Waals surface area contributed by atoms with Gasteiger partial charge in [0.15, 0.2) is 11.6 Å². The number of methoxy groups -OCH3 is 1. The summed E-state index contributed by atoms with van der Waals surface area (Å²) in [7, 11) is 1.31. The largest absolute Gasteiger partial charge is 0.490 e. The number of anilines is 1. The highest BCUT2D eigenvalue weighted by Crippen LogP contribution is 2.33. The Labute approximate surface area is 115 Å². The van der Waals surface area contributed by atoms with Gasteiger partial charge in [-0.05, 0) is 25.7 Å². The summed E-state index contributed by atoms with van der Waals surface area (Å²) in [5.74, 6) is -0.654. The second-order valence-electron chi connectivity index (χ2n) is 4.91. The number of benzene rings is 1. The summed E-state index contributed by atoms with van der Waals surface area (Å²) in [6.45, 7) is 0. The second-order valence-corrected chi connectivity index (χ2v) is 4.91. The predicted molar refractivity (Wildman–Crippen MR) is 71.5 cm³/mol. The molecule has 110 valence electrons. The van der Waals surface area contributed by atoms with Gasteiger partial charge < -0.3 is 15.2 Å². The molecule has 0 aliphatic heterocycles. The lowest BCUT2D eigenvalue weighted by Crippen LogP contribution is -2.28. The van der Waals surface area contributed by atoms with Gasteiger partial charge in [-0.25, -0.2) is 4.39 Å². The molecular formula is C13H17FN2O4. The van der Waals surface area contributed by atoms with Crippen LogP contribution in [0.3, 0.4) is 0 Å². The molecule has 1 saturated carbocycles. The maximum atomic E-state index is 13.9. The third-order valence-electron chi connectivity index (χ3n) is 3.52. The summed E-state index contributed by atoms with van der Waals surface area (Å²) in [5.41, 5.74) is -0.205. The van der Waals surface area contributed by atoms with Crippen molar-refractivity contribution in [3.8, 4) is 5.75 Å². The molecule has 0 saturated heterocycles. The summed E-state index contributed by atoms with van der Waals surface area (Å²) in [4.78, 5) is 10.1. The lowest BCUT2D eigenvalue weighted by molar-refractivity contribution is -0.385. The number of aliphatic hydroxyl groups is 1. The van der Waals surface area contributed by atoms with E-state index in [0.29, 0.717) is 12.8 Å². The van der Waals surface area contributed by atoms with Gasteiger partial charge in [0, 0.05) is 12.1 Å². The molecule has 0 unspecified atom stereocenters. The Balaban J connectivity index is 2.17. The molecule has 1 aromatic carbocycles. The number of nitro benzene ring substituents is 1. The van der Waals surface area contributed by atoms with E-state index in [1.165, 1.54) is 13.2 Å². The zero-order chi connectivity index (χ0) is 14.7. The summed E-state index contributed by atoms with van der Waals surface area (Å²) in [5, 5.41) is 23.2. The van der Waals surface area contributed by atoms with Crippen molar-refractivity contribution >= 4 is 11.4 Å². The third kappa shape index (κ3) is 3.16. The van der Waals surface area contributed by atoms with Crippen molar-refractivity contribution in [3.05, 3.63) is 28.1 Å². The van der Waals surface area contributed by atoms with Crippen molar-refractivity contribution in [3.63, 3.8) is 0 Å². The van der Waals surface area contributed by atoms with E-state index in [1.54, 1.807) is 0 Å². The number of rotatable bonds is 4. The highest BCUT2D eigenvalue weighted by Gasteiger charge is 2.23. The topological polar surface area (TPSA) is 84.6 Å². The molecule has 20 heavy (non-hydrogen) atoms. The molecule has 0 amide bonds. The molecule has 1 aliphatic carbocycles. The average Bonchev–Trinajstić information content (AvgIpc) is 2.42. The number of nitrogens with one attached hydrogen (secondary N) is 1. The first-order chi connectivity index (χ1) is 9.51. The first kappa shape index (κ1) is 14.5. The molecule has 0 radical (unpaired) electrons. The minimum Gasteiger partial charge on any atom is -0.490 e. The van der Waals surface area contributed by atoms with Crippen molar-refractivity contribution in [2.45, 2.75) is 37.8 Å². The lowest BCUT2D eigenvalue weighted by Gasteiger charge is -2.27. The maximum Gasteiger partial charge on any atom is 0.313 e. The molecule has 2 N–H and O–H groups in total. The van der Waals surface area contributed by atoms with Gasteiger partial charge >= 0.3 is 5.69 Å². The van der Waals surface area contributed by atoms with E-state index >= 15 is 0 Å². The minimum atomic E-state index is -0.678. The highest BCUT2D eigenvalue weighted by atomic mass is 19.1. The Morgan fingerprint density at radius 1 is 1.40 bits per heavy atom. The smallest absolute Gasteiger partial charge is 0.313 e. The van der Waals surface area contributed by atoms with Crippen LogP contribution in [0.4, 0.5) is 15.8 Å². The van der Waals surface area contributed by atoms with Gasteiger partial charge in [0.1, 0.15) is 0 Å². The molecule has 0 heterocycles. The van der Waals surface area contributed by atoms with Crippen LogP contribution in [0.25, 0.3) is 0 Å². The standard InChI is InChI=1S/C13H17FN2O4/c1-20-13-7-11(10(14)6-12(13)16(18)19)15-8-2-4-9(17)5-3-8/h6-9,15,17H,2-5H2,1H3. The minimum absolute atomic E-state index is 0.0229. The van der Waals surface area contributed by atoms with Crippen LogP contribution >= 0.6 is 0 Å². The fraction of sp³-hybridized carbons (Fsp3) is 0.538. The summed E-state index contributed by atoms with van der Waals surface area (Å²) >= 11 is 0. The van der Waals surface area contributed by atoms with Gasteiger partial charge in [-0.15, -0.1) is 0 Å². The number of halogens is 1. The monoisotopic (exact) mass is 284 g/mol. The van der Waals surface area contributed by atoms with E-state index in [2.05, 4.69) is 5.32 Å². The van der Waals surface area contributed by atoms with E-state index in [1.807, 2.05) is 0 Å². The molecule has 2 rings (SSSR count). The molecule has 0 spiro atoms. The number of nitro groups is 1. The van der Waals surface area contributed by atoms with Crippen molar-refractivity contribution in [2.24, 2.45) is 0 Å². The van der Waals surface area contributed by atoms with Crippen LogP contribution in [0.15, 0.2) is 12.1 Å². The summed E-state index contributed by atoms with van der Waals surface area (Å²) in [6.07, 6.45) is 2.52. The fourth-order valence-electron chi connectivity index (χ4n) is 2.40. The fourth-order valence-corrected chi connectivity index (χ4v) is 2.40. The summed E-state index contributed by atoms with van der Waals surface area (Å²) in [6, 6.07) is 2.22. The Hall–Kier alpha value is -1.89. The quantitative estimate of drug-likeness (QED) is 0.655. The molecule has 0 bridgehead atoms. The molecule has 0 aromatic heterocycles. The van der Waals surface area contributed by atoms with Crippen molar-refractivity contribution in [2.75, 3.05) is 12.4 Å². The normalized spacial score (nSPS) is 22.4. The molecule has 1 aliphatic rings. The molecule has 7 heteroatoms. The van der Waals surface area contributed by atoms with Gasteiger partial charge in [0.2, 0.25) is 0 Å². The highest BCUT2D eigenvalue weighted by molar-refractivity contribution is 5.59. The first-order valence-corrected chi connectivity index (χ1v) is 6.47. The van der Waals surface area contributed by atoms with E-state index in [0.717, 1.165) is 18.9 Å². The van der Waals surface area contributed by atoms with Crippen LogP contribution < -0.4 is 10.1 Å². The number of hydrogen-bond donors (Lipinski definition) is 2. The molecule has 0 atom stereocenters. The Morgan fingerprint density at radius 2 is 2.05 bits per heavy atom. The number of hydrogen-bond acceptors (Lipinski definition) is 5. The SMILES string of the molecule is COc1cc(NC2CCC(O)CC2)c(F)cc1[N+](=O)[O-]. The molecular weight excluding hydrogens is 267 g/mol. The maximum absolute atomic E-state index is 13.9. The molecule has 6 nitrogen and oxygen atoms in total. The summed E-state index contributed by atoms with van der Waals surface area (Å²) < 4.78 is 18.8. The molecule has 1 aromatic rings. The number of ether oxygens (including phenoxy) is 1. The van der Waals surface area contributed by atoms with Crippen molar-refractivity contribution in [1.82, 2.24) is 0 Å². The Kier molecular flexibility index (Phi) is 4.39. The third-order valence-corrected chi connectivity index (χ3v) is 3.52. The zero-order valence-electron chi connectivity index (χ0n) is 11.1. The van der Waals surface area contributed by atoms with Gasteiger partial charge in [-0.2, -0.15) is 0 Å². The van der Waals surface area contributed by atoms with E-state index in [-0.39, 0.29) is 23.6 Å². The Bertz CT molecular complexity index is 501. The number of aliphatic hydroxyl groups excluding tert-OH is 1. The number of nitrogens with zero attached hydrogens (tertiary/aromatic N) is 1. The second kappa shape index (κ2) is 6.04. The van der Waals surface area contributed by atoms with Crippen molar-refractivity contribution < 1.29 is 19.2 Å². The van der Waals surface area contributed by atoms with Crippen LogP contribution in [0, 0.1) is 15.9 Å². The van der Waals surface area contributed by atoms with Gasteiger partial charge in [0.05, 0.1) is 29.9 Å². The van der Waals surface area contributed by atoms with E-state index < -0.39 is 16.4 Å². The van der Waals surface area contributed by atoms with E-state index in [4.69, 9.17) is 4.74 Å².